The first-order valence-corrected chi connectivity index (χ1v) is 9.34. The van der Waals surface area contributed by atoms with Crippen LogP contribution in [0, 0.1) is 5.82 Å². The lowest BCUT2D eigenvalue weighted by atomic mass is 10.0. The predicted octanol–water partition coefficient (Wildman–Crippen LogP) is 1.62. The largest absolute Gasteiger partial charge is 0.478 e. The van der Waals surface area contributed by atoms with E-state index in [1.165, 1.54) is 10.6 Å². The van der Waals surface area contributed by atoms with Gasteiger partial charge in [0, 0.05) is 32.4 Å². The maximum absolute atomic E-state index is 14.2. The van der Waals surface area contributed by atoms with Crippen molar-refractivity contribution in [3.8, 4) is 0 Å². The molecule has 0 radical (unpaired) electrons. The molecule has 1 aliphatic heterocycles. The molecular formula is C16H14ClFN2O5S. The second kappa shape index (κ2) is 6.49. The molecule has 0 atom stereocenters. The van der Waals surface area contributed by atoms with Crippen LogP contribution in [0.4, 0.5) is 4.39 Å². The van der Waals surface area contributed by atoms with Gasteiger partial charge in [0.25, 0.3) is 5.56 Å². The molecule has 3 rings (SSSR count). The Morgan fingerprint density at radius 1 is 1.27 bits per heavy atom. The van der Waals surface area contributed by atoms with Crippen LogP contribution in [0.25, 0.3) is 0 Å². The van der Waals surface area contributed by atoms with E-state index < -0.39 is 32.3 Å². The number of fused-ring (bicyclic) bond motifs is 1. The molecule has 0 aliphatic carbocycles. The van der Waals surface area contributed by atoms with E-state index in [1.54, 1.807) is 13.2 Å². The van der Waals surface area contributed by atoms with E-state index in [9.17, 15) is 22.4 Å². The first-order chi connectivity index (χ1) is 12.1. The average Bonchev–Trinajstić information content (AvgIpc) is 2.54. The van der Waals surface area contributed by atoms with Gasteiger partial charge in [0.1, 0.15) is 10.7 Å². The van der Waals surface area contributed by atoms with Crippen LogP contribution in [0.15, 0.2) is 34.1 Å². The normalized spacial score (nSPS) is 14.9. The fraction of sp³-hybridized carbons (Fsp3) is 0.250. The molecule has 0 spiro atoms. The van der Waals surface area contributed by atoms with Gasteiger partial charge in [-0.25, -0.2) is 17.6 Å². The summed E-state index contributed by atoms with van der Waals surface area (Å²) in [5.41, 5.74) is 0.679. The highest BCUT2D eigenvalue weighted by Crippen LogP contribution is 2.29. The Morgan fingerprint density at radius 3 is 2.62 bits per heavy atom. The number of rotatable bonds is 3. The number of benzene rings is 1. The van der Waals surface area contributed by atoms with Crippen molar-refractivity contribution in [1.82, 2.24) is 8.87 Å². The fourth-order valence-electron chi connectivity index (χ4n) is 2.85. The Hall–Kier alpha value is -2.23. The maximum atomic E-state index is 14.2. The van der Waals surface area contributed by atoms with Crippen molar-refractivity contribution in [2.45, 2.75) is 17.9 Å². The standard InChI is InChI=1S/C16H14ClFN2O5S/c1-19-7-10-8-20(3-2-9(10)4-15(19)21)26(24,25)14-5-11(16(22)23)12(17)6-13(14)18/h4-7H,2-3,8H2,1H3,(H,22,23). The van der Waals surface area contributed by atoms with Crippen LogP contribution in [0.2, 0.25) is 5.02 Å². The Bertz CT molecular complexity index is 1080. The molecule has 2 aromatic rings. The molecule has 26 heavy (non-hydrogen) atoms. The summed E-state index contributed by atoms with van der Waals surface area (Å²) in [6, 6.07) is 2.86. The van der Waals surface area contributed by atoms with E-state index in [4.69, 9.17) is 16.7 Å². The number of carboxylic acids is 1. The van der Waals surface area contributed by atoms with E-state index in [2.05, 4.69) is 0 Å². The van der Waals surface area contributed by atoms with Gasteiger partial charge in [0.2, 0.25) is 10.0 Å². The van der Waals surface area contributed by atoms with Crippen LogP contribution in [0.5, 0.6) is 0 Å². The summed E-state index contributed by atoms with van der Waals surface area (Å²) in [5.74, 6) is -2.57. The van der Waals surface area contributed by atoms with E-state index in [1.807, 2.05) is 0 Å². The van der Waals surface area contributed by atoms with Crippen molar-refractivity contribution in [3.63, 3.8) is 0 Å². The van der Waals surface area contributed by atoms with Gasteiger partial charge in [0.15, 0.2) is 0 Å². The third kappa shape index (κ3) is 3.13. The monoisotopic (exact) mass is 400 g/mol. The second-order valence-electron chi connectivity index (χ2n) is 5.93. The zero-order valence-corrected chi connectivity index (χ0v) is 15.1. The minimum Gasteiger partial charge on any atom is -0.478 e. The number of hydrogen-bond donors (Lipinski definition) is 1. The lowest BCUT2D eigenvalue weighted by Crippen LogP contribution is -2.37. The zero-order chi connectivity index (χ0) is 19.2. The van der Waals surface area contributed by atoms with Crippen molar-refractivity contribution in [1.29, 1.82) is 0 Å². The van der Waals surface area contributed by atoms with Crippen molar-refractivity contribution >= 4 is 27.6 Å². The fourth-order valence-corrected chi connectivity index (χ4v) is 4.57. The van der Waals surface area contributed by atoms with E-state index in [0.717, 1.165) is 15.9 Å². The average molecular weight is 401 g/mol. The first kappa shape index (κ1) is 18.6. The van der Waals surface area contributed by atoms with E-state index in [0.29, 0.717) is 18.1 Å². The third-order valence-corrected chi connectivity index (χ3v) is 6.43. The summed E-state index contributed by atoms with van der Waals surface area (Å²) in [7, 11) is -2.73. The van der Waals surface area contributed by atoms with Crippen molar-refractivity contribution in [2.75, 3.05) is 6.54 Å². The number of nitrogens with zero attached hydrogens (tertiary/aromatic N) is 2. The minimum atomic E-state index is -4.28. The van der Waals surface area contributed by atoms with Crippen LogP contribution in [-0.2, 0) is 30.0 Å². The highest BCUT2D eigenvalue weighted by Gasteiger charge is 2.32. The Balaban J connectivity index is 2.04. The summed E-state index contributed by atoms with van der Waals surface area (Å²) in [6.45, 7) is 0.00320. The van der Waals surface area contributed by atoms with Gasteiger partial charge in [-0.2, -0.15) is 4.31 Å². The number of halogens is 2. The molecule has 0 unspecified atom stereocenters. The Labute approximate surface area is 153 Å². The molecule has 1 aliphatic rings. The second-order valence-corrected chi connectivity index (χ2v) is 8.24. The highest BCUT2D eigenvalue weighted by molar-refractivity contribution is 7.89. The van der Waals surface area contributed by atoms with Gasteiger partial charge in [-0.05, 0) is 29.7 Å². The molecule has 0 fully saturated rings. The molecule has 1 aromatic heterocycles. The summed E-state index contributed by atoms with van der Waals surface area (Å²) < 4.78 is 42.3. The molecule has 1 aromatic carbocycles. The van der Waals surface area contributed by atoms with E-state index in [-0.39, 0.29) is 23.7 Å². The number of hydrogen-bond acceptors (Lipinski definition) is 4. The van der Waals surface area contributed by atoms with Crippen LogP contribution >= 0.6 is 11.6 Å². The van der Waals surface area contributed by atoms with Crippen molar-refractivity contribution in [3.05, 3.63) is 62.3 Å². The molecule has 1 N–H and O–H groups in total. The summed E-state index contributed by atoms with van der Waals surface area (Å²) in [4.78, 5) is 22.1. The van der Waals surface area contributed by atoms with Crippen molar-refractivity contribution in [2.24, 2.45) is 7.05 Å². The van der Waals surface area contributed by atoms with E-state index >= 15 is 0 Å². The lowest BCUT2D eigenvalue weighted by Gasteiger charge is -2.28. The minimum absolute atomic E-state index is 0.0454. The number of pyridine rings is 1. The van der Waals surface area contributed by atoms with Gasteiger partial charge >= 0.3 is 5.97 Å². The quantitative estimate of drug-likeness (QED) is 0.844. The SMILES string of the molecule is Cn1cc2c(cc1=O)CCN(S(=O)(=O)c1cc(C(=O)O)c(Cl)cc1F)C2. The molecule has 7 nitrogen and oxygen atoms in total. The molecule has 10 heteroatoms. The van der Waals surface area contributed by atoms with Gasteiger partial charge < -0.3 is 9.67 Å². The number of carboxylic acid groups (broad SMARTS) is 1. The summed E-state index contributed by atoms with van der Waals surface area (Å²) >= 11 is 5.67. The number of aromatic carboxylic acids is 1. The summed E-state index contributed by atoms with van der Waals surface area (Å²) in [6.07, 6.45) is 1.84. The van der Waals surface area contributed by atoms with Crippen LogP contribution in [0.3, 0.4) is 0 Å². The third-order valence-electron chi connectivity index (χ3n) is 4.25. The molecule has 138 valence electrons. The molecule has 0 bridgehead atoms. The molecule has 2 heterocycles. The maximum Gasteiger partial charge on any atom is 0.337 e. The highest BCUT2D eigenvalue weighted by atomic mass is 35.5. The number of aryl methyl sites for hydroxylation is 1. The Kier molecular flexibility index (Phi) is 4.63. The van der Waals surface area contributed by atoms with Gasteiger partial charge in [-0.15, -0.1) is 0 Å². The van der Waals surface area contributed by atoms with Crippen LogP contribution < -0.4 is 5.56 Å². The molecule has 0 saturated heterocycles. The smallest absolute Gasteiger partial charge is 0.337 e. The van der Waals surface area contributed by atoms with Crippen LogP contribution in [0.1, 0.15) is 21.5 Å². The van der Waals surface area contributed by atoms with Crippen molar-refractivity contribution < 1.29 is 22.7 Å². The van der Waals surface area contributed by atoms with Crippen LogP contribution in [-0.4, -0.2) is 34.9 Å². The predicted molar refractivity (Wildman–Crippen MR) is 91.4 cm³/mol. The zero-order valence-electron chi connectivity index (χ0n) is 13.6. The molecular weight excluding hydrogens is 387 g/mol. The van der Waals surface area contributed by atoms with Gasteiger partial charge in [0.05, 0.1) is 10.6 Å². The topological polar surface area (TPSA) is 96.7 Å². The number of aromatic nitrogens is 1. The first-order valence-electron chi connectivity index (χ1n) is 7.52. The number of sulfonamides is 1. The summed E-state index contributed by atoms with van der Waals surface area (Å²) in [5, 5.41) is 8.71. The van der Waals surface area contributed by atoms with Gasteiger partial charge in [-0.1, -0.05) is 11.6 Å². The Morgan fingerprint density at radius 2 is 1.96 bits per heavy atom. The molecule has 0 amide bonds. The molecule has 0 saturated carbocycles. The van der Waals surface area contributed by atoms with Gasteiger partial charge in [-0.3, -0.25) is 4.79 Å². The number of carbonyl (C=O) groups is 1. The lowest BCUT2D eigenvalue weighted by molar-refractivity contribution is 0.0696.